The molecule has 7 heteroatoms. The smallest absolute Gasteiger partial charge is 0.276 e. The Morgan fingerprint density at radius 3 is 2.12 bits per heavy atom. The quantitative estimate of drug-likeness (QED) is 0.687. The van der Waals surface area contributed by atoms with Crippen LogP contribution in [0.4, 0.5) is 0 Å². The van der Waals surface area contributed by atoms with Gasteiger partial charge in [-0.1, -0.05) is 60.7 Å². The van der Waals surface area contributed by atoms with Gasteiger partial charge in [0.15, 0.2) is 11.4 Å². The summed E-state index contributed by atoms with van der Waals surface area (Å²) in [5.41, 5.74) is 1.48. The number of carbonyl (C=O) groups is 1. The maximum Gasteiger partial charge on any atom is 0.276 e. The molecule has 5 rings (SSSR count). The zero-order valence-corrected chi connectivity index (χ0v) is 17.6. The van der Waals surface area contributed by atoms with E-state index in [2.05, 4.69) is 29.4 Å². The number of amides is 1. The van der Waals surface area contributed by atoms with E-state index >= 15 is 0 Å². The predicted octanol–water partition coefficient (Wildman–Crippen LogP) is 2.96. The van der Waals surface area contributed by atoms with Gasteiger partial charge in [-0.05, 0) is 24.0 Å². The molecule has 1 aromatic heterocycles. The Hall–Kier alpha value is -3.45. The van der Waals surface area contributed by atoms with Crippen LogP contribution in [-0.2, 0) is 4.74 Å². The molecule has 32 heavy (non-hydrogen) atoms. The van der Waals surface area contributed by atoms with Crippen molar-refractivity contribution in [1.29, 1.82) is 0 Å². The van der Waals surface area contributed by atoms with Gasteiger partial charge in [0.1, 0.15) is 0 Å². The van der Waals surface area contributed by atoms with Crippen LogP contribution in [0.2, 0.25) is 0 Å². The Morgan fingerprint density at radius 2 is 1.53 bits per heavy atom. The lowest BCUT2D eigenvalue weighted by Crippen LogP contribution is -2.52. The molecule has 3 heterocycles. The zero-order valence-electron chi connectivity index (χ0n) is 17.6. The lowest BCUT2D eigenvalue weighted by molar-refractivity contribution is 0.0172. The molecular formula is C25H25N3O4. The van der Waals surface area contributed by atoms with Crippen molar-refractivity contribution in [3.63, 3.8) is 0 Å². The topological polar surface area (TPSA) is 84.7 Å². The summed E-state index contributed by atoms with van der Waals surface area (Å²) in [4.78, 5) is 27.5. The maximum absolute atomic E-state index is 13.5. The van der Waals surface area contributed by atoms with Gasteiger partial charge in [-0.3, -0.25) is 14.3 Å². The third-order valence-electron chi connectivity index (χ3n) is 6.48. The molecule has 1 atom stereocenters. The first-order valence-corrected chi connectivity index (χ1v) is 10.9. The van der Waals surface area contributed by atoms with E-state index in [1.54, 1.807) is 4.68 Å². The first-order chi connectivity index (χ1) is 15.6. The standard InChI is InChI=1S/C25H25N3O4/c29-21-15-26-28-20(22(17-7-3-1-4-8-17)18-9-5-2-6-10-18)16-27(19-11-13-32-14-12-19)25(31)23(28)24(21)30/h1-10,15,19-20,22,30H,11-14,16H2/t20-/m1/s1. The third-order valence-corrected chi connectivity index (χ3v) is 6.48. The number of aromatic nitrogens is 2. The molecule has 0 aliphatic carbocycles. The molecule has 2 aliphatic heterocycles. The molecule has 1 saturated heterocycles. The van der Waals surface area contributed by atoms with Crippen LogP contribution in [0.25, 0.3) is 0 Å². The van der Waals surface area contributed by atoms with Crippen molar-refractivity contribution < 1.29 is 14.6 Å². The minimum Gasteiger partial charge on any atom is -0.502 e. The summed E-state index contributed by atoms with van der Waals surface area (Å²) in [6.07, 6.45) is 2.55. The second-order valence-electron chi connectivity index (χ2n) is 8.32. The summed E-state index contributed by atoms with van der Waals surface area (Å²) < 4.78 is 7.05. The van der Waals surface area contributed by atoms with Gasteiger partial charge in [0.2, 0.25) is 5.43 Å². The van der Waals surface area contributed by atoms with Gasteiger partial charge in [0.05, 0.1) is 12.2 Å². The summed E-state index contributed by atoms with van der Waals surface area (Å²) in [6.45, 7) is 1.61. The number of hydrogen-bond acceptors (Lipinski definition) is 5. The number of hydrogen-bond donors (Lipinski definition) is 1. The van der Waals surface area contributed by atoms with Crippen molar-refractivity contribution in [2.24, 2.45) is 0 Å². The van der Waals surface area contributed by atoms with Crippen molar-refractivity contribution >= 4 is 5.91 Å². The van der Waals surface area contributed by atoms with Crippen LogP contribution in [0, 0.1) is 0 Å². The van der Waals surface area contributed by atoms with Gasteiger partial charge in [-0.2, -0.15) is 5.10 Å². The Balaban J connectivity index is 1.68. The largest absolute Gasteiger partial charge is 0.502 e. The Labute approximate surface area is 185 Å². The number of nitrogens with zero attached hydrogens (tertiary/aromatic N) is 3. The van der Waals surface area contributed by atoms with Crippen LogP contribution >= 0.6 is 0 Å². The average molecular weight is 431 g/mol. The molecule has 7 nitrogen and oxygen atoms in total. The van der Waals surface area contributed by atoms with Gasteiger partial charge < -0.3 is 14.7 Å². The van der Waals surface area contributed by atoms with Crippen molar-refractivity contribution in [2.75, 3.05) is 19.8 Å². The van der Waals surface area contributed by atoms with E-state index in [1.807, 2.05) is 41.3 Å². The molecular weight excluding hydrogens is 406 g/mol. The fourth-order valence-corrected chi connectivity index (χ4v) is 4.92. The number of ether oxygens (including phenoxy) is 1. The van der Waals surface area contributed by atoms with Crippen molar-refractivity contribution in [1.82, 2.24) is 14.7 Å². The van der Waals surface area contributed by atoms with E-state index in [9.17, 15) is 14.7 Å². The highest BCUT2D eigenvalue weighted by Gasteiger charge is 2.42. The normalized spacial score (nSPS) is 19.2. The molecule has 0 bridgehead atoms. The van der Waals surface area contributed by atoms with Crippen LogP contribution in [0.5, 0.6) is 5.75 Å². The van der Waals surface area contributed by atoms with E-state index in [-0.39, 0.29) is 29.6 Å². The van der Waals surface area contributed by atoms with Gasteiger partial charge >= 0.3 is 0 Å². The van der Waals surface area contributed by atoms with Crippen LogP contribution in [0.1, 0.15) is 46.4 Å². The summed E-state index contributed by atoms with van der Waals surface area (Å²) in [7, 11) is 0. The Bertz CT molecular complexity index is 1120. The Kier molecular flexibility index (Phi) is 5.49. The summed E-state index contributed by atoms with van der Waals surface area (Å²) in [6, 6.07) is 19.9. The van der Waals surface area contributed by atoms with Crippen LogP contribution < -0.4 is 5.43 Å². The van der Waals surface area contributed by atoms with Gasteiger partial charge in [-0.25, -0.2) is 0 Å². The number of fused-ring (bicyclic) bond motifs is 1. The summed E-state index contributed by atoms with van der Waals surface area (Å²) in [5.74, 6) is -1.01. The monoisotopic (exact) mass is 431 g/mol. The van der Waals surface area contributed by atoms with Crippen LogP contribution in [0.3, 0.4) is 0 Å². The van der Waals surface area contributed by atoms with E-state index in [4.69, 9.17) is 4.74 Å². The molecule has 1 amide bonds. The summed E-state index contributed by atoms with van der Waals surface area (Å²) >= 11 is 0. The molecule has 1 fully saturated rings. The second kappa shape index (κ2) is 8.59. The molecule has 0 saturated carbocycles. The second-order valence-corrected chi connectivity index (χ2v) is 8.32. The zero-order chi connectivity index (χ0) is 22.1. The van der Waals surface area contributed by atoms with Gasteiger partial charge in [-0.15, -0.1) is 0 Å². The molecule has 2 aliphatic rings. The predicted molar refractivity (Wildman–Crippen MR) is 119 cm³/mol. The van der Waals surface area contributed by atoms with Crippen molar-refractivity contribution in [2.45, 2.75) is 30.8 Å². The fourth-order valence-electron chi connectivity index (χ4n) is 4.92. The first-order valence-electron chi connectivity index (χ1n) is 10.9. The first kappa shape index (κ1) is 20.5. The maximum atomic E-state index is 13.5. The van der Waals surface area contributed by atoms with E-state index in [1.165, 1.54) is 0 Å². The SMILES string of the molecule is O=C1c2c(O)c(=O)cnn2[C@@H](C(c2ccccc2)c2ccccc2)CN1C1CCOCC1. The molecule has 3 aromatic rings. The highest BCUT2D eigenvalue weighted by Crippen LogP contribution is 2.40. The van der Waals surface area contributed by atoms with Crippen LogP contribution in [0.15, 0.2) is 71.7 Å². The molecule has 164 valence electrons. The molecule has 0 spiro atoms. The van der Waals surface area contributed by atoms with E-state index < -0.39 is 11.2 Å². The number of aromatic hydroxyl groups is 1. The minimum atomic E-state index is -0.645. The van der Waals surface area contributed by atoms with Crippen molar-refractivity contribution in [3.8, 4) is 5.75 Å². The summed E-state index contributed by atoms with van der Waals surface area (Å²) in [5, 5.41) is 15.0. The van der Waals surface area contributed by atoms with Gasteiger partial charge in [0, 0.05) is 31.7 Å². The highest BCUT2D eigenvalue weighted by atomic mass is 16.5. The molecule has 2 aromatic carbocycles. The average Bonchev–Trinajstić information content (AvgIpc) is 2.84. The highest BCUT2D eigenvalue weighted by molar-refractivity contribution is 5.96. The minimum absolute atomic E-state index is 0.00518. The van der Waals surface area contributed by atoms with E-state index in [0.717, 1.165) is 30.2 Å². The fraction of sp³-hybridized carbons (Fsp3) is 0.320. The van der Waals surface area contributed by atoms with Gasteiger partial charge in [0.25, 0.3) is 5.91 Å². The third kappa shape index (κ3) is 3.58. The molecule has 0 unspecified atom stereocenters. The van der Waals surface area contributed by atoms with Crippen LogP contribution in [-0.4, -0.2) is 51.5 Å². The Morgan fingerprint density at radius 1 is 0.938 bits per heavy atom. The van der Waals surface area contributed by atoms with E-state index in [0.29, 0.717) is 19.8 Å². The number of carbonyl (C=O) groups excluding carboxylic acids is 1. The number of rotatable bonds is 4. The lowest BCUT2D eigenvalue weighted by Gasteiger charge is -2.43. The van der Waals surface area contributed by atoms with Crippen molar-refractivity contribution in [3.05, 3.63) is 93.9 Å². The molecule has 1 N–H and O–H groups in total. The lowest BCUT2D eigenvalue weighted by atomic mass is 9.83. The number of benzene rings is 2. The molecule has 0 radical (unpaired) electrons.